The van der Waals surface area contributed by atoms with Crippen LogP contribution in [0.5, 0.6) is 0 Å². The second-order valence-corrected chi connectivity index (χ2v) is 5.51. The van der Waals surface area contributed by atoms with E-state index in [9.17, 15) is 4.79 Å². The smallest absolute Gasteiger partial charge is 0.246 e. The van der Waals surface area contributed by atoms with Crippen LogP contribution in [-0.2, 0) is 24.1 Å². The third kappa shape index (κ3) is 3.16. The summed E-state index contributed by atoms with van der Waals surface area (Å²) in [6, 6.07) is 8.03. The summed E-state index contributed by atoms with van der Waals surface area (Å²) in [6.45, 7) is 4.98. The highest BCUT2D eigenvalue weighted by atomic mass is 16.2. The van der Waals surface area contributed by atoms with Crippen LogP contribution >= 0.6 is 0 Å². The van der Waals surface area contributed by atoms with Gasteiger partial charge in [-0.3, -0.25) is 4.79 Å². The number of nitrogens with zero attached hydrogens (tertiary/aromatic N) is 4. The first-order chi connectivity index (χ1) is 11.2. The van der Waals surface area contributed by atoms with Crippen LogP contribution in [0.25, 0.3) is 0 Å². The Kier molecular flexibility index (Phi) is 4.50. The van der Waals surface area contributed by atoms with Crippen LogP contribution in [0, 0.1) is 0 Å². The summed E-state index contributed by atoms with van der Waals surface area (Å²) in [6.07, 6.45) is 2.53. The SMILES string of the molecule is CCc1nnc(NCC(=O)N2CCc3ccccc32)nc1CC. The molecule has 0 fully saturated rings. The molecule has 6 heteroatoms. The van der Waals surface area contributed by atoms with Gasteiger partial charge in [-0.15, -0.1) is 5.10 Å². The van der Waals surface area contributed by atoms with Crippen LogP contribution in [0.3, 0.4) is 0 Å². The zero-order valence-electron chi connectivity index (χ0n) is 13.5. The van der Waals surface area contributed by atoms with E-state index in [0.29, 0.717) is 5.95 Å². The minimum Gasteiger partial charge on any atom is -0.344 e. The Morgan fingerprint density at radius 2 is 1.96 bits per heavy atom. The molecule has 3 rings (SSSR count). The molecular formula is C17H21N5O. The number of carbonyl (C=O) groups is 1. The van der Waals surface area contributed by atoms with Gasteiger partial charge in [0.05, 0.1) is 17.9 Å². The number of anilines is 2. The third-order valence-corrected chi connectivity index (χ3v) is 4.10. The number of para-hydroxylation sites is 1. The number of aryl methyl sites for hydroxylation is 2. The number of amides is 1. The fourth-order valence-electron chi connectivity index (χ4n) is 2.86. The van der Waals surface area contributed by atoms with Crippen molar-refractivity contribution >= 4 is 17.5 Å². The number of aromatic nitrogens is 3. The molecule has 0 atom stereocenters. The maximum absolute atomic E-state index is 12.4. The van der Waals surface area contributed by atoms with Crippen LogP contribution in [0.15, 0.2) is 24.3 Å². The second-order valence-electron chi connectivity index (χ2n) is 5.51. The summed E-state index contributed by atoms with van der Waals surface area (Å²) >= 11 is 0. The molecule has 0 aliphatic carbocycles. The van der Waals surface area contributed by atoms with Crippen LogP contribution in [0.2, 0.25) is 0 Å². The number of rotatable bonds is 5. The summed E-state index contributed by atoms with van der Waals surface area (Å²) in [7, 11) is 0. The van der Waals surface area contributed by atoms with Crippen molar-refractivity contribution in [2.24, 2.45) is 0 Å². The number of fused-ring (bicyclic) bond motifs is 1. The Morgan fingerprint density at radius 3 is 2.74 bits per heavy atom. The van der Waals surface area contributed by atoms with Gasteiger partial charge in [-0.2, -0.15) is 5.10 Å². The lowest BCUT2D eigenvalue weighted by molar-refractivity contribution is -0.116. The Labute approximate surface area is 136 Å². The van der Waals surface area contributed by atoms with Crippen molar-refractivity contribution in [3.63, 3.8) is 0 Å². The van der Waals surface area contributed by atoms with Crippen molar-refractivity contribution in [3.05, 3.63) is 41.2 Å². The molecule has 1 aliphatic heterocycles. The number of nitrogens with one attached hydrogen (secondary N) is 1. The van der Waals surface area contributed by atoms with E-state index in [1.807, 2.05) is 36.9 Å². The lowest BCUT2D eigenvalue weighted by atomic mass is 10.2. The van der Waals surface area contributed by atoms with Crippen LogP contribution in [-0.4, -0.2) is 34.2 Å². The zero-order chi connectivity index (χ0) is 16.2. The van der Waals surface area contributed by atoms with E-state index in [1.54, 1.807) is 0 Å². The van der Waals surface area contributed by atoms with E-state index < -0.39 is 0 Å². The first-order valence-electron chi connectivity index (χ1n) is 8.07. The Hall–Kier alpha value is -2.50. The van der Waals surface area contributed by atoms with Crippen LogP contribution < -0.4 is 10.2 Å². The molecule has 1 aromatic heterocycles. The molecule has 2 aromatic rings. The highest BCUT2D eigenvalue weighted by Crippen LogP contribution is 2.27. The molecule has 0 spiro atoms. The van der Waals surface area contributed by atoms with Crippen molar-refractivity contribution in [2.45, 2.75) is 33.1 Å². The van der Waals surface area contributed by atoms with Crippen LogP contribution in [0.1, 0.15) is 30.8 Å². The fourth-order valence-corrected chi connectivity index (χ4v) is 2.86. The van der Waals surface area contributed by atoms with Gasteiger partial charge in [-0.05, 0) is 30.9 Å². The quantitative estimate of drug-likeness (QED) is 0.914. The summed E-state index contributed by atoms with van der Waals surface area (Å²) in [5, 5.41) is 11.2. The highest BCUT2D eigenvalue weighted by Gasteiger charge is 2.23. The molecule has 1 N–H and O–H groups in total. The lowest BCUT2D eigenvalue weighted by Crippen LogP contribution is -2.34. The van der Waals surface area contributed by atoms with Crippen molar-refractivity contribution in [1.82, 2.24) is 15.2 Å². The van der Waals surface area contributed by atoms with Crippen molar-refractivity contribution in [1.29, 1.82) is 0 Å². The summed E-state index contributed by atoms with van der Waals surface area (Å²) < 4.78 is 0. The molecule has 2 heterocycles. The van der Waals surface area contributed by atoms with Crippen molar-refractivity contribution in [3.8, 4) is 0 Å². The van der Waals surface area contributed by atoms with Gasteiger partial charge in [0.1, 0.15) is 0 Å². The van der Waals surface area contributed by atoms with E-state index in [-0.39, 0.29) is 12.5 Å². The topological polar surface area (TPSA) is 71.0 Å². The van der Waals surface area contributed by atoms with E-state index >= 15 is 0 Å². The number of benzene rings is 1. The predicted molar refractivity (Wildman–Crippen MR) is 89.6 cm³/mol. The maximum atomic E-state index is 12.4. The first-order valence-corrected chi connectivity index (χ1v) is 8.07. The van der Waals surface area contributed by atoms with E-state index in [0.717, 1.165) is 42.9 Å². The molecule has 0 saturated carbocycles. The largest absolute Gasteiger partial charge is 0.344 e. The van der Waals surface area contributed by atoms with Gasteiger partial charge in [0.25, 0.3) is 0 Å². The lowest BCUT2D eigenvalue weighted by Gasteiger charge is -2.17. The van der Waals surface area contributed by atoms with Gasteiger partial charge < -0.3 is 10.2 Å². The van der Waals surface area contributed by atoms with Crippen molar-refractivity contribution < 1.29 is 4.79 Å². The molecule has 0 radical (unpaired) electrons. The van der Waals surface area contributed by atoms with Gasteiger partial charge in [0.15, 0.2) is 0 Å². The van der Waals surface area contributed by atoms with Crippen molar-refractivity contribution in [2.75, 3.05) is 23.3 Å². The highest BCUT2D eigenvalue weighted by molar-refractivity contribution is 5.97. The van der Waals surface area contributed by atoms with Gasteiger partial charge in [-0.1, -0.05) is 32.0 Å². The maximum Gasteiger partial charge on any atom is 0.246 e. The average molecular weight is 311 g/mol. The van der Waals surface area contributed by atoms with E-state index in [4.69, 9.17) is 0 Å². The first kappa shape index (κ1) is 15.4. The molecule has 1 aliphatic rings. The normalized spacial score (nSPS) is 13.0. The number of hydrogen-bond acceptors (Lipinski definition) is 5. The minimum absolute atomic E-state index is 0.0242. The Balaban J connectivity index is 1.66. The molecule has 120 valence electrons. The fraction of sp³-hybridized carbons (Fsp3) is 0.412. The van der Waals surface area contributed by atoms with Gasteiger partial charge in [-0.25, -0.2) is 4.98 Å². The molecule has 1 amide bonds. The molecule has 0 saturated heterocycles. The molecule has 23 heavy (non-hydrogen) atoms. The Morgan fingerprint density at radius 1 is 1.17 bits per heavy atom. The summed E-state index contributed by atoms with van der Waals surface area (Å²) in [5.74, 6) is 0.441. The van der Waals surface area contributed by atoms with Gasteiger partial charge >= 0.3 is 0 Å². The zero-order valence-corrected chi connectivity index (χ0v) is 13.5. The predicted octanol–water partition coefficient (Wildman–Crippen LogP) is 2.00. The number of hydrogen-bond donors (Lipinski definition) is 1. The van der Waals surface area contributed by atoms with E-state index in [1.165, 1.54) is 5.56 Å². The summed E-state index contributed by atoms with van der Waals surface area (Å²) in [4.78, 5) is 18.7. The van der Waals surface area contributed by atoms with Gasteiger partial charge in [0.2, 0.25) is 11.9 Å². The van der Waals surface area contributed by atoms with Crippen LogP contribution in [0.4, 0.5) is 11.6 Å². The van der Waals surface area contributed by atoms with E-state index in [2.05, 4.69) is 26.6 Å². The monoisotopic (exact) mass is 311 g/mol. The Bertz CT molecular complexity index is 716. The molecule has 0 unspecified atom stereocenters. The average Bonchev–Trinajstić information content (AvgIpc) is 3.03. The number of carbonyl (C=O) groups excluding carboxylic acids is 1. The molecular weight excluding hydrogens is 290 g/mol. The summed E-state index contributed by atoms with van der Waals surface area (Å²) in [5.41, 5.74) is 4.08. The standard InChI is InChI=1S/C17H21N5O/c1-3-13-14(4-2)20-21-17(19-13)18-11-16(23)22-10-9-12-7-5-6-8-15(12)22/h5-8H,3-4,9-11H2,1-2H3,(H,18,19,21). The minimum atomic E-state index is 0.0242. The van der Waals surface area contributed by atoms with Gasteiger partial charge in [0, 0.05) is 12.2 Å². The molecule has 1 aromatic carbocycles. The molecule has 0 bridgehead atoms. The second kappa shape index (κ2) is 6.73. The molecule has 6 nitrogen and oxygen atoms in total. The third-order valence-electron chi connectivity index (χ3n) is 4.10.